The van der Waals surface area contributed by atoms with Gasteiger partial charge in [0, 0.05) is 19.8 Å². The van der Waals surface area contributed by atoms with Crippen molar-refractivity contribution in [1.82, 2.24) is 4.98 Å². The van der Waals surface area contributed by atoms with Crippen LogP contribution >= 0.6 is 0 Å². The van der Waals surface area contributed by atoms with Crippen LogP contribution in [-0.2, 0) is 8.85 Å². The van der Waals surface area contributed by atoms with Crippen LogP contribution in [0.15, 0.2) is 22.8 Å². The Morgan fingerprint density at radius 2 is 1.58 bits per heavy atom. The van der Waals surface area contributed by atoms with Gasteiger partial charge in [-0.3, -0.25) is 4.98 Å². The summed E-state index contributed by atoms with van der Waals surface area (Å²) in [5.41, 5.74) is 3.96. The van der Waals surface area contributed by atoms with Gasteiger partial charge >= 0.3 is 8.72 Å². The first-order valence-electron chi connectivity index (χ1n) is 6.80. The molecule has 19 heavy (non-hydrogen) atoms. The molecule has 1 unspecified atom stereocenters. The van der Waals surface area contributed by atoms with Crippen molar-refractivity contribution in [2.45, 2.75) is 59.0 Å². The van der Waals surface area contributed by atoms with Gasteiger partial charge in [-0.05, 0) is 54.0 Å². The third-order valence-electron chi connectivity index (χ3n) is 4.24. The molecule has 0 spiro atoms. The molecule has 0 saturated heterocycles. The SMILES string of the molecule is CO[Si](NC(C)(C)C)(OC)C1(C)C=C(C)C(C)=C1C. The lowest BCUT2D eigenvalue weighted by molar-refractivity contribution is 0.194. The van der Waals surface area contributed by atoms with Gasteiger partial charge in [-0.25, -0.2) is 0 Å². The summed E-state index contributed by atoms with van der Waals surface area (Å²) >= 11 is 0. The van der Waals surface area contributed by atoms with Gasteiger partial charge in [0.25, 0.3) is 0 Å². The van der Waals surface area contributed by atoms with Crippen LogP contribution in [-0.4, -0.2) is 28.5 Å². The third-order valence-corrected chi connectivity index (χ3v) is 8.35. The van der Waals surface area contributed by atoms with E-state index in [0.29, 0.717) is 0 Å². The van der Waals surface area contributed by atoms with E-state index in [4.69, 9.17) is 8.85 Å². The highest BCUT2D eigenvalue weighted by molar-refractivity contribution is 6.70. The normalized spacial score (nSPS) is 25.0. The lowest BCUT2D eigenvalue weighted by Crippen LogP contribution is -2.67. The average Bonchev–Trinajstić information content (AvgIpc) is 2.50. The molecule has 1 aliphatic rings. The van der Waals surface area contributed by atoms with E-state index in [1.165, 1.54) is 16.7 Å². The molecule has 1 rings (SSSR count). The van der Waals surface area contributed by atoms with Crippen LogP contribution in [0.5, 0.6) is 0 Å². The standard InChI is InChI=1S/C15H29NO2Si/c1-11-10-15(7,13(3)12(11)2)19(17-8,18-9)16-14(4,5)6/h10,16H,1-9H3. The Labute approximate surface area is 119 Å². The minimum Gasteiger partial charge on any atom is -0.385 e. The summed E-state index contributed by atoms with van der Waals surface area (Å²) in [6, 6.07) is 0. The maximum absolute atomic E-state index is 5.94. The van der Waals surface area contributed by atoms with Gasteiger partial charge in [-0.1, -0.05) is 17.2 Å². The topological polar surface area (TPSA) is 30.5 Å². The van der Waals surface area contributed by atoms with Gasteiger partial charge in [-0.15, -0.1) is 0 Å². The van der Waals surface area contributed by atoms with Gasteiger partial charge in [0.1, 0.15) is 0 Å². The molecular weight excluding hydrogens is 254 g/mol. The van der Waals surface area contributed by atoms with Gasteiger partial charge in [0.05, 0.1) is 5.04 Å². The zero-order valence-electron chi connectivity index (χ0n) is 13.9. The number of hydrogen-bond acceptors (Lipinski definition) is 3. The summed E-state index contributed by atoms with van der Waals surface area (Å²) in [6.45, 7) is 15.2. The molecule has 1 atom stereocenters. The lowest BCUT2D eigenvalue weighted by atomic mass is 10.0. The van der Waals surface area contributed by atoms with Gasteiger partial charge in [-0.2, -0.15) is 0 Å². The maximum Gasteiger partial charge on any atom is 0.439 e. The highest BCUT2D eigenvalue weighted by Gasteiger charge is 2.58. The number of allylic oxidation sites excluding steroid dienone is 4. The molecule has 3 nitrogen and oxygen atoms in total. The highest BCUT2D eigenvalue weighted by atomic mass is 28.4. The van der Waals surface area contributed by atoms with Crippen molar-refractivity contribution in [3.05, 3.63) is 22.8 Å². The van der Waals surface area contributed by atoms with Crippen molar-refractivity contribution >= 4 is 8.72 Å². The molecule has 0 saturated carbocycles. The molecule has 0 heterocycles. The summed E-state index contributed by atoms with van der Waals surface area (Å²) in [5.74, 6) is 0. The van der Waals surface area contributed by atoms with Crippen molar-refractivity contribution in [2.75, 3.05) is 14.2 Å². The van der Waals surface area contributed by atoms with Crippen LogP contribution in [0.4, 0.5) is 0 Å². The van der Waals surface area contributed by atoms with E-state index in [1.807, 2.05) is 0 Å². The number of rotatable bonds is 4. The highest BCUT2D eigenvalue weighted by Crippen LogP contribution is 2.52. The Kier molecular flexibility index (Phi) is 4.52. The Morgan fingerprint density at radius 3 is 1.84 bits per heavy atom. The van der Waals surface area contributed by atoms with Crippen LogP contribution in [0, 0.1) is 0 Å². The monoisotopic (exact) mass is 283 g/mol. The van der Waals surface area contributed by atoms with Crippen LogP contribution in [0.3, 0.4) is 0 Å². The van der Waals surface area contributed by atoms with E-state index in [-0.39, 0.29) is 10.6 Å². The fourth-order valence-electron chi connectivity index (χ4n) is 2.91. The van der Waals surface area contributed by atoms with E-state index >= 15 is 0 Å². The third kappa shape index (κ3) is 2.72. The molecular formula is C15H29NO2Si. The lowest BCUT2D eigenvalue weighted by Gasteiger charge is -2.44. The fourth-order valence-corrected chi connectivity index (χ4v) is 6.46. The average molecular weight is 283 g/mol. The molecule has 0 aromatic carbocycles. The Morgan fingerprint density at radius 1 is 1.11 bits per heavy atom. The summed E-state index contributed by atoms with van der Waals surface area (Å²) in [4.78, 5) is 3.64. The zero-order valence-corrected chi connectivity index (χ0v) is 14.9. The van der Waals surface area contributed by atoms with E-state index in [1.54, 1.807) is 14.2 Å². The molecule has 0 radical (unpaired) electrons. The molecule has 0 aromatic heterocycles. The quantitative estimate of drug-likeness (QED) is 0.799. The fraction of sp³-hybridized carbons (Fsp3) is 0.733. The van der Waals surface area contributed by atoms with Gasteiger partial charge in [0.15, 0.2) is 0 Å². The van der Waals surface area contributed by atoms with Gasteiger partial charge < -0.3 is 8.85 Å². The van der Waals surface area contributed by atoms with E-state index in [0.717, 1.165) is 0 Å². The summed E-state index contributed by atoms with van der Waals surface area (Å²) in [6.07, 6.45) is 2.30. The molecule has 0 bridgehead atoms. The van der Waals surface area contributed by atoms with Crippen LogP contribution in [0.25, 0.3) is 0 Å². The number of nitrogens with one attached hydrogen (secondary N) is 1. The second-order valence-electron chi connectivity index (χ2n) is 6.68. The predicted molar refractivity (Wildman–Crippen MR) is 83.2 cm³/mol. The second kappa shape index (κ2) is 5.17. The molecule has 0 fully saturated rings. The van der Waals surface area contributed by atoms with Crippen LogP contribution < -0.4 is 4.98 Å². The minimum atomic E-state index is -2.60. The maximum atomic E-state index is 5.94. The van der Waals surface area contributed by atoms with Gasteiger partial charge in [0.2, 0.25) is 0 Å². The van der Waals surface area contributed by atoms with E-state index in [2.05, 4.69) is 59.5 Å². The first-order chi connectivity index (χ1) is 8.53. The largest absolute Gasteiger partial charge is 0.439 e. The van der Waals surface area contributed by atoms with Crippen molar-refractivity contribution < 1.29 is 8.85 Å². The molecule has 0 aliphatic heterocycles. The van der Waals surface area contributed by atoms with Crippen LogP contribution in [0.1, 0.15) is 48.5 Å². The Hall–Kier alpha value is -0.423. The molecule has 1 N–H and O–H groups in total. The van der Waals surface area contributed by atoms with Crippen molar-refractivity contribution in [3.8, 4) is 0 Å². The smallest absolute Gasteiger partial charge is 0.385 e. The Balaban J connectivity index is 3.36. The Bertz CT molecular complexity index is 416. The van der Waals surface area contributed by atoms with Crippen molar-refractivity contribution in [1.29, 1.82) is 0 Å². The van der Waals surface area contributed by atoms with E-state index < -0.39 is 8.72 Å². The van der Waals surface area contributed by atoms with Crippen molar-refractivity contribution in [2.24, 2.45) is 0 Å². The van der Waals surface area contributed by atoms with E-state index in [9.17, 15) is 0 Å². The number of hydrogen-bond donors (Lipinski definition) is 1. The second-order valence-corrected chi connectivity index (χ2v) is 10.0. The summed E-state index contributed by atoms with van der Waals surface area (Å²) in [7, 11) is 0.907. The molecule has 0 aromatic rings. The summed E-state index contributed by atoms with van der Waals surface area (Å²) in [5, 5.41) is -0.183. The zero-order chi connectivity index (χ0) is 15.1. The van der Waals surface area contributed by atoms with Crippen LogP contribution in [0.2, 0.25) is 5.04 Å². The molecule has 1 aliphatic carbocycles. The van der Waals surface area contributed by atoms with Crippen molar-refractivity contribution in [3.63, 3.8) is 0 Å². The molecule has 110 valence electrons. The first kappa shape index (κ1) is 16.6. The summed E-state index contributed by atoms with van der Waals surface area (Å²) < 4.78 is 11.9. The molecule has 4 heteroatoms. The predicted octanol–water partition coefficient (Wildman–Crippen LogP) is 3.66. The minimum absolute atomic E-state index is 0.0558. The molecule has 0 amide bonds. The first-order valence-corrected chi connectivity index (χ1v) is 8.62.